The van der Waals surface area contributed by atoms with Crippen LogP contribution in [0.1, 0.15) is 16.2 Å². The third kappa shape index (κ3) is 3.62. The summed E-state index contributed by atoms with van der Waals surface area (Å²) in [6, 6.07) is 1.71. The fraction of sp³-hybridized carbons (Fsp3) is 0.182. The SMILES string of the molecule is CSc1ncc(C(=O)NCc2ncccn2)c(Cl)n1. The number of rotatable bonds is 4. The second-order valence-corrected chi connectivity index (χ2v) is 4.54. The molecule has 1 N–H and O–H groups in total. The van der Waals surface area contributed by atoms with Gasteiger partial charge in [0.2, 0.25) is 0 Å². The minimum Gasteiger partial charge on any atom is -0.345 e. The molecule has 2 rings (SSSR count). The lowest BCUT2D eigenvalue weighted by Crippen LogP contribution is -2.24. The molecule has 0 saturated carbocycles. The summed E-state index contributed by atoms with van der Waals surface area (Å²) >= 11 is 7.28. The summed E-state index contributed by atoms with van der Waals surface area (Å²) in [6.45, 7) is 0.223. The molecule has 0 spiro atoms. The quantitative estimate of drug-likeness (QED) is 0.524. The van der Waals surface area contributed by atoms with Crippen molar-refractivity contribution in [2.75, 3.05) is 6.26 Å². The molecule has 0 unspecified atom stereocenters. The lowest BCUT2D eigenvalue weighted by Gasteiger charge is -2.05. The van der Waals surface area contributed by atoms with Gasteiger partial charge in [-0.15, -0.1) is 0 Å². The van der Waals surface area contributed by atoms with E-state index in [2.05, 4.69) is 25.3 Å². The van der Waals surface area contributed by atoms with Crippen molar-refractivity contribution in [2.45, 2.75) is 11.7 Å². The van der Waals surface area contributed by atoms with E-state index in [0.29, 0.717) is 11.0 Å². The molecule has 0 aliphatic carbocycles. The van der Waals surface area contributed by atoms with Gasteiger partial charge in [0.25, 0.3) is 5.91 Å². The Labute approximate surface area is 119 Å². The van der Waals surface area contributed by atoms with Crippen LogP contribution in [-0.2, 0) is 6.54 Å². The van der Waals surface area contributed by atoms with Crippen LogP contribution in [0.2, 0.25) is 5.15 Å². The summed E-state index contributed by atoms with van der Waals surface area (Å²) in [5, 5.41) is 3.31. The Morgan fingerprint density at radius 3 is 2.74 bits per heavy atom. The van der Waals surface area contributed by atoms with E-state index in [4.69, 9.17) is 11.6 Å². The molecular weight excluding hydrogens is 286 g/mol. The first-order valence-corrected chi connectivity index (χ1v) is 6.91. The largest absolute Gasteiger partial charge is 0.345 e. The lowest BCUT2D eigenvalue weighted by molar-refractivity contribution is 0.0949. The van der Waals surface area contributed by atoms with Crippen LogP contribution >= 0.6 is 23.4 Å². The molecule has 0 aromatic carbocycles. The highest BCUT2D eigenvalue weighted by atomic mass is 35.5. The number of hydrogen-bond donors (Lipinski definition) is 1. The third-order valence-corrected chi connectivity index (χ3v) is 3.02. The van der Waals surface area contributed by atoms with Gasteiger partial charge in [0.1, 0.15) is 11.0 Å². The minimum absolute atomic E-state index is 0.130. The second-order valence-electron chi connectivity index (χ2n) is 3.41. The van der Waals surface area contributed by atoms with Crippen molar-refractivity contribution < 1.29 is 4.79 Å². The molecule has 0 fully saturated rings. The number of hydrogen-bond acceptors (Lipinski definition) is 6. The Hall–Kier alpha value is -1.73. The number of amides is 1. The van der Waals surface area contributed by atoms with Crippen LogP contribution in [0.4, 0.5) is 0 Å². The Morgan fingerprint density at radius 1 is 1.37 bits per heavy atom. The van der Waals surface area contributed by atoms with E-state index in [1.54, 1.807) is 18.5 Å². The summed E-state index contributed by atoms with van der Waals surface area (Å²) in [4.78, 5) is 27.9. The molecule has 19 heavy (non-hydrogen) atoms. The zero-order valence-corrected chi connectivity index (χ0v) is 11.6. The maximum atomic E-state index is 11.9. The maximum absolute atomic E-state index is 11.9. The van der Waals surface area contributed by atoms with Gasteiger partial charge in [-0.25, -0.2) is 19.9 Å². The van der Waals surface area contributed by atoms with Gasteiger partial charge in [-0.3, -0.25) is 4.79 Å². The number of carbonyl (C=O) groups excluding carboxylic acids is 1. The van der Waals surface area contributed by atoms with E-state index in [1.807, 2.05) is 6.26 Å². The van der Waals surface area contributed by atoms with Crippen molar-refractivity contribution in [2.24, 2.45) is 0 Å². The average molecular weight is 296 g/mol. The van der Waals surface area contributed by atoms with E-state index in [-0.39, 0.29) is 23.2 Å². The molecule has 0 radical (unpaired) electrons. The molecule has 2 aromatic rings. The standard InChI is InChI=1S/C11H10ClN5OS/c1-19-11-16-5-7(9(12)17-11)10(18)15-6-8-13-3-2-4-14-8/h2-5H,6H2,1H3,(H,15,18). The fourth-order valence-electron chi connectivity index (χ4n) is 1.27. The first-order chi connectivity index (χ1) is 9.20. The molecule has 2 aromatic heterocycles. The number of nitrogens with zero attached hydrogens (tertiary/aromatic N) is 4. The highest BCUT2D eigenvalue weighted by molar-refractivity contribution is 7.98. The zero-order chi connectivity index (χ0) is 13.7. The number of carbonyl (C=O) groups is 1. The van der Waals surface area contributed by atoms with Gasteiger partial charge in [-0.05, 0) is 12.3 Å². The van der Waals surface area contributed by atoms with Crippen LogP contribution in [0.5, 0.6) is 0 Å². The van der Waals surface area contributed by atoms with E-state index < -0.39 is 0 Å². The molecule has 98 valence electrons. The second kappa shape index (κ2) is 6.44. The van der Waals surface area contributed by atoms with Crippen molar-refractivity contribution in [3.8, 4) is 0 Å². The summed E-state index contributed by atoms with van der Waals surface area (Å²) in [5.41, 5.74) is 0.232. The van der Waals surface area contributed by atoms with Crippen molar-refractivity contribution >= 4 is 29.3 Å². The smallest absolute Gasteiger partial charge is 0.256 e. The Morgan fingerprint density at radius 2 is 2.11 bits per heavy atom. The molecule has 0 aliphatic rings. The fourth-order valence-corrected chi connectivity index (χ4v) is 1.88. The van der Waals surface area contributed by atoms with Crippen molar-refractivity contribution in [3.05, 3.63) is 41.2 Å². The number of aromatic nitrogens is 4. The van der Waals surface area contributed by atoms with Crippen LogP contribution in [0.3, 0.4) is 0 Å². The molecule has 0 atom stereocenters. The van der Waals surface area contributed by atoms with Crippen molar-refractivity contribution in [3.63, 3.8) is 0 Å². The van der Waals surface area contributed by atoms with Crippen LogP contribution in [0.15, 0.2) is 29.8 Å². The van der Waals surface area contributed by atoms with E-state index >= 15 is 0 Å². The van der Waals surface area contributed by atoms with Gasteiger partial charge >= 0.3 is 0 Å². The molecule has 8 heteroatoms. The molecule has 0 bridgehead atoms. The van der Waals surface area contributed by atoms with Gasteiger partial charge in [0.05, 0.1) is 12.1 Å². The van der Waals surface area contributed by atoms with Crippen LogP contribution in [-0.4, -0.2) is 32.1 Å². The highest BCUT2D eigenvalue weighted by Gasteiger charge is 2.13. The first-order valence-electron chi connectivity index (χ1n) is 5.31. The van der Waals surface area contributed by atoms with Crippen LogP contribution in [0, 0.1) is 0 Å². The first kappa shape index (κ1) is 13.7. The van der Waals surface area contributed by atoms with Crippen LogP contribution < -0.4 is 5.32 Å². The van der Waals surface area contributed by atoms with E-state index in [1.165, 1.54) is 18.0 Å². The molecule has 6 nitrogen and oxygen atoms in total. The summed E-state index contributed by atoms with van der Waals surface area (Å²) < 4.78 is 0. The van der Waals surface area contributed by atoms with Crippen molar-refractivity contribution in [1.82, 2.24) is 25.3 Å². The molecule has 0 saturated heterocycles. The van der Waals surface area contributed by atoms with Gasteiger partial charge in [0.15, 0.2) is 5.16 Å². The predicted molar refractivity (Wildman–Crippen MR) is 72.0 cm³/mol. The Kier molecular flexibility index (Phi) is 4.64. The predicted octanol–water partition coefficient (Wildman–Crippen LogP) is 1.57. The third-order valence-electron chi connectivity index (χ3n) is 2.17. The van der Waals surface area contributed by atoms with Gasteiger partial charge in [0, 0.05) is 18.6 Å². The molecular formula is C11H10ClN5OS. The van der Waals surface area contributed by atoms with Gasteiger partial charge in [-0.1, -0.05) is 23.4 Å². The number of halogens is 1. The normalized spacial score (nSPS) is 10.2. The average Bonchev–Trinajstić information content (AvgIpc) is 2.45. The zero-order valence-electron chi connectivity index (χ0n) is 10.00. The van der Waals surface area contributed by atoms with E-state index in [9.17, 15) is 4.79 Å². The maximum Gasteiger partial charge on any atom is 0.256 e. The van der Waals surface area contributed by atoms with Crippen LogP contribution in [0.25, 0.3) is 0 Å². The Balaban J connectivity index is 2.04. The van der Waals surface area contributed by atoms with Crippen molar-refractivity contribution in [1.29, 1.82) is 0 Å². The monoisotopic (exact) mass is 295 g/mol. The molecule has 1 amide bonds. The molecule has 0 aliphatic heterocycles. The van der Waals surface area contributed by atoms with E-state index in [0.717, 1.165) is 0 Å². The summed E-state index contributed by atoms with van der Waals surface area (Å²) in [6.07, 6.45) is 6.45. The topological polar surface area (TPSA) is 80.7 Å². The molecule has 2 heterocycles. The minimum atomic E-state index is -0.356. The highest BCUT2D eigenvalue weighted by Crippen LogP contribution is 2.16. The lowest BCUT2D eigenvalue weighted by atomic mass is 10.3. The van der Waals surface area contributed by atoms with Gasteiger partial charge < -0.3 is 5.32 Å². The number of nitrogens with one attached hydrogen (secondary N) is 1. The summed E-state index contributed by atoms with van der Waals surface area (Å²) in [5.74, 6) is 0.165. The Bertz CT molecular complexity index is 581. The summed E-state index contributed by atoms with van der Waals surface area (Å²) in [7, 11) is 0. The number of thioether (sulfide) groups is 1. The van der Waals surface area contributed by atoms with Gasteiger partial charge in [-0.2, -0.15) is 0 Å².